The van der Waals surface area contributed by atoms with Crippen molar-refractivity contribution >= 4 is 22.6 Å². The third-order valence-corrected chi connectivity index (χ3v) is 3.72. The molecule has 1 aromatic carbocycles. The number of hydrogen-bond donors (Lipinski definition) is 1. The van der Waals surface area contributed by atoms with Crippen LogP contribution in [0.3, 0.4) is 0 Å². The molecule has 0 bridgehead atoms. The Bertz CT molecular complexity index is 518. The van der Waals surface area contributed by atoms with E-state index in [9.17, 15) is 5.11 Å². The van der Waals surface area contributed by atoms with Crippen LogP contribution >= 0.6 is 11.6 Å². The number of fused-ring (bicyclic) bond motifs is 1. The van der Waals surface area contributed by atoms with Gasteiger partial charge in [-0.15, -0.1) is 0 Å². The number of furan rings is 1. The highest BCUT2D eigenvalue weighted by Gasteiger charge is 2.14. The number of hydrogen-bond acceptors (Lipinski definition) is 2. The summed E-state index contributed by atoms with van der Waals surface area (Å²) in [6, 6.07) is 7.52. The predicted molar refractivity (Wildman–Crippen MR) is 79.6 cm³/mol. The molecule has 19 heavy (non-hydrogen) atoms. The molecule has 0 radical (unpaired) electrons. The molecule has 1 N–H and O–H groups in total. The van der Waals surface area contributed by atoms with Gasteiger partial charge in [0.2, 0.25) is 0 Å². The van der Waals surface area contributed by atoms with Crippen molar-refractivity contribution in [2.45, 2.75) is 51.6 Å². The van der Waals surface area contributed by atoms with E-state index in [0.29, 0.717) is 16.4 Å². The van der Waals surface area contributed by atoms with Gasteiger partial charge in [0.1, 0.15) is 11.9 Å². The standard InChI is InChI=1S/C16H21ClO2/c1-2-3-4-5-6-10-14(18)15-11-12-8-7-9-13(17)16(12)19-15/h7-9,11,14,18H,2-6,10H2,1H3. The third kappa shape index (κ3) is 3.74. The van der Waals surface area contributed by atoms with Gasteiger partial charge in [0.05, 0.1) is 5.02 Å². The average Bonchev–Trinajstić information content (AvgIpc) is 2.84. The highest BCUT2D eigenvalue weighted by Crippen LogP contribution is 2.31. The molecule has 3 heteroatoms. The molecule has 2 aromatic rings. The van der Waals surface area contributed by atoms with Crippen LogP contribution in [0.15, 0.2) is 28.7 Å². The number of benzene rings is 1. The molecule has 0 amide bonds. The van der Waals surface area contributed by atoms with Gasteiger partial charge in [-0.3, -0.25) is 0 Å². The third-order valence-electron chi connectivity index (χ3n) is 3.42. The molecule has 104 valence electrons. The largest absolute Gasteiger partial charge is 0.457 e. The molecular weight excluding hydrogens is 260 g/mol. The predicted octanol–water partition coefficient (Wildman–Crippen LogP) is 5.48. The molecule has 0 fully saturated rings. The second kappa shape index (κ2) is 6.97. The smallest absolute Gasteiger partial charge is 0.152 e. The quantitative estimate of drug-likeness (QED) is 0.681. The van der Waals surface area contributed by atoms with Crippen LogP contribution < -0.4 is 0 Å². The number of para-hydroxylation sites is 1. The fourth-order valence-corrected chi connectivity index (χ4v) is 2.52. The first-order valence-electron chi connectivity index (χ1n) is 7.08. The fraction of sp³-hybridized carbons (Fsp3) is 0.500. The van der Waals surface area contributed by atoms with E-state index >= 15 is 0 Å². The minimum atomic E-state index is -0.523. The summed E-state index contributed by atoms with van der Waals surface area (Å²) in [6.07, 6.45) is 6.19. The zero-order chi connectivity index (χ0) is 13.7. The Morgan fingerprint density at radius 2 is 2.00 bits per heavy atom. The Kier molecular flexibility index (Phi) is 5.29. The molecule has 2 rings (SSSR count). The Balaban J connectivity index is 1.94. The maximum absolute atomic E-state index is 10.1. The Labute approximate surface area is 119 Å². The van der Waals surface area contributed by atoms with E-state index in [1.807, 2.05) is 18.2 Å². The molecular formula is C16H21ClO2. The second-order valence-corrected chi connectivity index (χ2v) is 5.43. The van der Waals surface area contributed by atoms with Crippen molar-refractivity contribution in [3.05, 3.63) is 35.0 Å². The first kappa shape index (κ1) is 14.4. The summed E-state index contributed by atoms with van der Waals surface area (Å²) in [5.41, 5.74) is 0.671. The Hall–Kier alpha value is -0.990. The lowest BCUT2D eigenvalue weighted by molar-refractivity contribution is 0.139. The SMILES string of the molecule is CCCCCCCC(O)c1cc2cccc(Cl)c2o1. The Morgan fingerprint density at radius 3 is 2.74 bits per heavy atom. The molecule has 1 heterocycles. The van der Waals surface area contributed by atoms with E-state index in [-0.39, 0.29) is 0 Å². The lowest BCUT2D eigenvalue weighted by atomic mass is 10.1. The lowest BCUT2D eigenvalue weighted by Gasteiger charge is -2.06. The molecule has 0 aliphatic rings. The van der Waals surface area contributed by atoms with Crippen molar-refractivity contribution in [3.63, 3.8) is 0 Å². The van der Waals surface area contributed by atoms with E-state index in [0.717, 1.165) is 18.2 Å². The maximum atomic E-state index is 10.1. The van der Waals surface area contributed by atoms with Crippen molar-refractivity contribution in [1.82, 2.24) is 0 Å². The van der Waals surface area contributed by atoms with E-state index in [4.69, 9.17) is 16.0 Å². The summed E-state index contributed by atoms with van der Waals surface area (Å²) in [6.45, 7) is 2.20. The Morgan fingerprint density at radius 1 is 1.21 bits per heavy atom. The van der Waals surface area contributed by atoms with Crippen LogP contribution in [0.25, 0.3) is 11.0 Å². The second-order valence-electron chi connectivity index (χ2n) is 5.03. The van der Waals surface area contributed by atoms with Crippen molar-refractivity contribution in [3.8, 4) is 0 Å². The van der Waals surface area contributed by atoms with Gasteiger partial charge in [0.15, 0.2) is 5.58 Å². The monoisotopic (exact) mass is 280 g/mol. The average molecular weight is 281 g/mol. The summed E-state index contributed by atoms with van der Waals surface area (Å²) in [4.78, 5) is 0. The summed E-state index contributed by atoms with van der Waals surface area (Å²) >= 11 is 6.06. The molecule has 1 unspecified atom stereocenters. The van der Waals surface area contributed by atoms with Gasteiger partial charge in [0.25, 0.3) is 0 Å². The molecule has 0 aliphatic carbocycles. The number of halogens is 1. The highest BCUT2D eigenvalue weighted by atomic mass is 35.5. The van der Waals surface area contributed by atoms with E-state index in [1.54, 1.807) is 6.07 Å². The van der Waals surface area contributed by atoms with Crippen LogP contribution in [0, 0.1) is 0 Å². The highest BCUT2D eigenvalue weighted by molar-refractivity contribution is 6.34. The summed E-state index contributed by atoms with van der Waals surface area (Å²) in [7, 11) is 0. The number of aliphatic hydroxyl groups is 1. The van der Waals surface area contributed by atoms with Crippen molar-refractivity contribution in [2.75, 3.05) is 0 Å². The summed E-state index contributed by atoms with van der Waals surface area (Å²) in [5.74, 6) is 0.624. The zero-order valence-electron chi connectivity index (χ0n) is 11.4. The van der Waals surface area contributed by atoms with E-state index in [1.165, 1.54) is 25.7 Å². The van der Waals surface area contributed by atoms with Crippen molar-refractivity contribution in [2.24, 2.45) is 0 Å². The van der Waals surface area contributed by atoms with Crippen LogP contribution in [0.1, 0.15) is 57.3 Å². The summed E-state index contributed by atoms with van der Waals surface area (Å²) in [5, 5.41) is 11.7. The molecule has 0 aliphatic heterocycles. The van der Waals surface area contributed by atoms with Crippen LogP contribution in [0.4, 0.5) is 0 Å². The minimum Gasteiger partial charge on any atom is -0.457 e. The first-order valence-corrected chi connectivity index (χ1v) is 7.46. The van der Waals surface area contributed by atoms with Gasteiger partial charge in [-0.1, -0.05) is 62.8 Å². The van der Waals surface area contributed by atoms with Crippen molar-refractivity contribution in [1.29, 1.82) is 0 Å². The number of aliphatic hydroxyl groups excluding tert-OH is 1. The minimum absolute atomic E-state index is 0.523. The van der Waals surface area contributed by atoms with Crippen molar-refractivity contribution < 1.29 is 9.52 Å². The molecule has 2 nitrogen and oxygen atoms in total. The van der Waals surface area contributed by atoms with Gasteiger partial charge in [-0.25, -0.2) is 0 Å². The zero-order valence-corrected chi connectivity index (χ0v) is 12.1. The molecule has 1 atom stereocenters. The first-order chi connectivity index (χ1) is 9.22. The fourth-order valence-electron chi connectivity index (χ4n) is 2.30. The van der Waals surface area contributed by atoms with Crippen LogP contribution in [-0.2, 0) is 0 Å². The van der Waals surface area contributed by atoms with Crippen LogP contribution in [0.2, 0.25) is 5.02 Å². The molecule has 0 spiro atoms. The molecule has 1 aromatic heterocycles. The van der Waals surface area contributed by atoms with Crippen LogP contribution in [0.5, 0.6) is 0 Å². The topological polar surface area (TPSA) is 33.4 Å². The van der Waals surface area contributed by atoms with Gasteiger partial charge in [-0.05, 0) is 18.6 Å². The van der Waals surface area contributed by atoms with Gasteiger partial charge < -0.3 is 9.52 Å². The van der Waals surface area contributed by atoms with Gasteiger partial charge in [0, 0.05) is 5.39 Å². The number of rotatable bonds is 7. The van der Waals surface area contributed by atoms with E-state index < -0.39 is 6.10 Å². The van der Waals surface area contributed by atoms with E-state index in [2.05, 4.69) is 6.92 Å². The van der Waals surface area contributed by atoms with Crippen LogP contribution in [-0.4, -0.2) is 5.11 Å². The molecule has 0 saturated carbocycles. The maximum Gasteiger partial charge on any atom is 0.152 e. The van der Waals surface area contributed by atoms with Gasteiger partial charge in [-0.2, -0.15) is 0 Å². The molecule has 0 saturated heterocycles. The summed E-state index contributed by atoms with van der Waals surface area (Å²) < 4.78 is 5.66. The lowest BCUT2D eigenvalue weighted by Crippen LogP contribution is -1.95. The van der Waals surface area contributed by atoms with Gasteiger partial charge >= 0.3 is 0 Å². The number of unbranched alkanes of at least 4 members (excludes halogenated alkanes) is 4. The normalized spacial score (nSPS) is 13.0.